The molecule has 1 aliphatic rings. The van der Waals surface area contributed by atoms with E-state index in [0.717, 1.165) is 12.8 Å². The van der Waals surface area contributed by atoms with E-state index in [-0.39, 0.29) is 16.8 Å². The summed E-state index contributed by atoms with van der Waals surface area (Å²) < 4.78 is 24.8. The van der Waals surface area contributed by atoms with Crippen LogP contribution in [0.2, 0.25) is 0 Å². The van der Waals surface area contributed by atoms with Crippen molar-refractivity contribution in [3.63, 3.8) is 0 Å². The zero-order valence-electron chi connectivity index (χ0n) is 12.5. The highest BCUT2D eigenvalue weighted by atomic mass is 35.7. The van der Waals surface area contributed by atoms with Crippen molar-refractivity contribution in [2.24, 2.45) is 5.92 Å². The fourth-order valence-electron chi connectivity index (χ4n) is 2.37. The summed E-state index contributed by atoms with van der Waals surface area (Å²) in [6, 6.07) is 1.61. The third-order valence-electron chi connectivity index (χ3n) is 3.52. The van der Waals surface area contributed by atoms with Crippen LogP contribution in [0, 0.1) is 5.92 Å². The minimum Gasteiger partial charge on any atom is -0.339 e. The number of hydrogen-bond donors (Lipinski definition) is 0. The van der Waals surface area contributed by atoms with Gasteiger partial charge in [0.05, 0.1) is 0 Å². The van der Waals surface area contributed by atoms with Crippen LogP contribution >= 0.6 is 10.7 Å². The smallest absolute Gasteiger partial charge is 0.270 e. The van der Waals surface area contributed by atoms with Gasteiger partial charge < -0.3 is 9.47 Å². The first-order chi connectivity index (χ1) is 9.74. The van der Waals surface area contributed by atoms with E-state index in [1.54, 1.807) is 9.47 Å². The lowest BCUT2D eigenvalue weighted by atomic mass is 10.2. The number of carbonyl (C=O) groups is 1. The summed E-state index contributed by atoms with van der Waals surface area (Å²) in [6.45, 7) is 7.25. The summed E-state index contributed by atoms with van der Waals surface area (Å²) in [5.74, 6) is 0.221. The Morgan fingerprint density at radius 3 is 2.52 bits per heavy atom. The van der Waals surface area contributed by atoms with Gasteiger partial charge in [0.1, 0.15) is 10.6 Å². The summed E-state index contributed by atoms with van der Waals surface area (Å²) in [7, 11) is 1.59. The Hall–Kier alpha value is -1.01. The standard InChI is InChI=1S/C14H21ClN2O3S/c1-4-16(8-10(2)3)14(18)13-7-12(21(15,19)20)9-17(13)11-5-6-11/h7,9-11H,4-6,8H2,1-3H3. The van der Waals surface area contributed by atoms with E-state index >= 15 is 0 Å². The molecule has 0 atom stereocenters. The number of hydrogen-bond acceptors (Lipinski definition) is 3. The summed E-state index contributed by atoms with van der Waals surface area (Å²) in [5.41, 5.74) is 0.416. The molecule has 1 fully saturated rings. The Morgan fingerprint density at radius 2 is 2.10 bits per heavy atom. The highest BCUT2D eigenvalue weighted by Crippen LogP contribution is 2.38. The van der Waals surface area contributed by atoms with Crippen molar-refractivity contribution >= 4 is 25.6 Å². The van der Waals surface area contributed by atoms with Crippen molar-refractivity contribution in [1.29, 1.82) is 0 Å². The van der Waals surface area contributed by atoms with Gasteiger partial charge in [-0.3, -0.25) is 4.79 Å². The summed E-state index contributed by atoms with van der Waals surface area (Å²) in [6.07, 6.45) is 3.41. The van der Waals surface area contributed by atoms with Crippen LogP contribution in [0.25, 0.3) is 0 Å². The molecule has 1 aromatic rings. The second kappa shape index (κ2) is 6.01. The fourth-order valence-corrected chi connectivity index (χ4v) is 3.12. The maximum absolute atomic E-state index is 12.7. The minimum atomic E-state index is -3.82. The molecular formula is C14H21ClN2O3S. The molecule has 7 heteroatoms. The number of halogens is 1. The molecule has 1 aromatic heterocycles. The SMILES string of the molecule is CCN(CC(C)C)C(=O)c1cc(S(=O)(=O)Cl)cn1C1CC1. The zero-order valence-corrected chi connectivity index (χ0v) is 14.1. The molecule has 0 unspecified atom stereocenters. The lowest BCUT2D eigenvalue weighted by Gasteiger charge is -2.23. The van der Waals surface area contributed by atoms with E-state index in [1.165, 1.54) is 12.3 Å². The monoisotopic (exact) mass is 332 g/mol. The van der Waals surface area contributed by atoms with Crippen LogP contribution in [0.3, 0.4) is 0 Å². The molecule has 0 aromatic carbocycles. The Morgan fingerprint density at radius 1 is 1.48 bits per heavy atom. The van der Waals surface area contributed by atoms with Gasteiger partial charge in [-0.05, 0) is 31.7 Å². The summed E-state index contributed by atoms with van der Waals surface area (Å²) in [5, 5.41) is 0. The quantitative estimate of drug-likeness (QED) is 0.753. The lowest BCUT2D eigenvalue weighted by molar-refractivity contribution is 0.0734. The molecule has 0 saturated heterocycles. The number of aromatic nitrogens is 1. The van der Waals surface area contributed by atoms with E-state index in [9.17, 15) is 13.2 Å². The van der Waals surface area contributed by atoms with Crippen molar-refractivity contribution < 1.29 is 13.2 Å². The van der Waals surface area contributed by atoms with Gasteiger partial charge in [0.15, 0.2) is 0 Å². The molecule has 118 valence electrons. The van der Waals surface area contributed by atoms with Crippen LogP contribution in [-0.2, 0) is 9.05 Å². The van der Waals surface area contributed by atoms with Crippen molar-refractivity contribution in [3.8, 4) is 0 Å². The second-order valence-electron chi connectivity index (χ2n) is 5.87. The van der Waals surface area contributed by atoms with Crippen LogP contribution in [0.1, 0.15) is 50.1 Å². The Labute approximate surface area is 130 Å². The largest absolute Gasteiger partial charge is 0.339 e. The highest BCUT2D eigenvalue weighted by molar-refractivity contribution is 8.13. The van der Waals surface area contributed by atoms with Crippen LogP contribution in [0.15, 0.2) is 17.2 Å². The zero-order chi connectivity index (χ0) is 15.8. The Kier molecular flexibility index (Phi) is 4.68. The summed E-state index contributed by atoms with van der Waals surface area (Å²) in [4.78, 5) is 14.4. The lowest BCUT2D eigenvalue weighted by Crippen LogP contribution is -2.35. The number of carbonyl (C=O) groups excluding carboxylic acids is 1. The third kappa shape index (κ3) is 3.80. The maximum atomic E-state index is 12.7. The average molecular weight is 333 g/mol. The van der Waals surface area contributed by atoms with E-state index in [0.29, 0.717) is 24.7 Å². The van der Waals surface area contributed by atoms with Gasteiger partial charge >= 0.3 is 0 Å². The van der Waals surface area contributed by atoms with E-state index in [4.69, 9.17) is 10.7 Å². The molecule has 21 heavy (non-hydrogen) atoms. The molecule has 0 radical (unpaired) electrons. The van der Waals surface area contributed by atoms with Crippen LogP contribution in [-0.4, -0.2) is 36.9 Å². The van der Waals surface area contributed by atoms with Crippen molar-refractivity contribution in [3.05, 3.63) is 18.0 Å². The molecule has 0 N–H and O–H groups in total. The van der Waals surface area contributed by atoms with E-state index in [2.05, 4.69) is 0 Å². The first-order valence-corrected chi connectivity index (χ1v) is 9.50. The van der Waals surface area contributed by atoms with Crippen molar-refractivity contribution in [1.82, 2.24) is 9.47 Å². The van der Waals surface area contributed by atoms with Gasteiger partial charge in [0.25, 0.3) is 15.0 Å². The predicted molar refractivity (Wildman–Crippen MR) is 82.2 cm³/mol. The van der Waals surface area contributed by atoms with E-state index < -0.39 is 9.05 Å². The van der Waals surface area contributed by atoms with Crippen molar-refractivity contribution in [2.45, 2.75) is 44.6 Å². The molecular weight excluding hydrogens is 312 g/mol. The van der Waals surface area contributed by atoms with Gasteiger partial charge in [0, 0.05) is 36.0 Å². The maximum Gasteiger partial charge on any atom is 0.270 e. The topological polar surface area (TPSA) is 59.4 Å². The molecule has 1 amide bonds. The average Bonchev–Trinajstić information content (AvgIpc) is 3.12. The predicted octanol–water partition coefficient (Wildman–Crippen LogP) is 2.87. The van der Waals surface area contributed by atoms with Gasteiger partial charge in [-0.1, -0.05) is 13.8 Å². The van der Waals surface area contributed by atoms with Gasteiger partial charge in [-0.25, -0.2) is 8.42 Å². The molecule has 2 rings (SSSR count). The third-order valence-corrected chi connectivity index (χ3v) is 4.84. The second-order valence-corrected chi connectivity index (χ2v) is 8.44. The number of rotatable bonds is 6. The van der Waals surface area contributed by atoms with Gasteiger partial charge in [-0.2, -0.15) is 0 Å². The minimum absolute atomic E-state index is 0.0000154. The molecule has 5 nitrogen and oxygen atoms in total. The molecule has 0 bridgehead atoms. The number of amides is 1. The molecule has 0 spiro atoms. The van der Waals surface area contributed by atoms with Crippen LogP contribution in [0.4, 0.5) is 0 Å². The molecule has 0 aliphatic heterocycles. The fraction of sp³-hybridized carbons (Fsp3) is 0.643. The van der Waals surface area contributed by atoms with E-state index in [1.807, 2.05) is 20.8 Å². The molecule has 1 aliphatic carbocycles. The van der Waals surface area contributed by atoms with Gasteiger partial charge in [-0.15, -0.1) is 0 Å². The van der Waals surface area contributed by atoms with Crippen molar-refractivity contribution in [2.75, 3.05) is 13.1 Å². The molecule has 1 heterocycles. The van der Waals surface area contributed by atoms with Crippen LogP contribution < -0.4 is 0 Å². The first-order valence-electron chi connectivity index (χ1n) is 7.19. The van der Waals surface area contributed by atoms with Gasteiger partial charge in [0.2, 0.25) is 0 Å². The van der Waals surface area contributed by atoms with Crippen LogP contribution in [0.5, 0.6) is 0 Å². The Balaban J connectivity index is 2.37. The number of nitrogens with zero attached hydrogens (tertiary/aromatic N) is 2. The highest BCUT2D eigenvalue weighted by Gasteiger charge is 2.31. The molecule has 1 saturated carbocycles. The first kappa shape index (κ1) is 16.4. The summed E-state index contributed by atoms with van der Waals surface area (Å²) >= 11 is 0. The Bertz CT molecular complexity index is 633. The normalized spacial score (nSPS) is 15.5.